The Morgan fingerprint density at radius 3 is 2.27 bits per heavy atom. The quantitative estimate of drug-likeness (QED) is 0.147. The Bertz CT molecular complexity index is 2210. The number of sulfonamides is 1. The second kappa shape index (κ2) is 15.5. The number of halogens is 1. The van der Waals surface area contributed by atoms with Crippen molar-refractivity contribution in [2.45, 2.75) is 57.4 Å². The fourth-order valence-corrected chi connectivity index (χ4v) is 7.47. The number of hydrogen-bond acceptors (Lipinski definition) is 6. The minimum atomic E-state index is -4.25. The van der Waals surface area contributed by atoms with Gasteiger partial charge in [0.25, 0.3) is 27.7 Å². The lowest BCUT2D eigenvalue weighted by atomic mass is 9.98. The molecule has 1 aromatic heterocycles. The summed E-state index contributed by atoms with van der Waals surface area (Å²) in [5.74, 6) is -1.57. The molecule has 10 nitrogen and oxygen atoms in total. The standard InChI is InChI=1S/C39H40ClN5O5S/c1-3-5-20-43(21-6-4-2)39(48)36-34(40)26-45(41-36)35-18-16-30(24-33(35)38(47)44-22-19-28-12-8-10-14-31(28)25-44)37(46)42-51(49,50)32-17-15-27-11-7-9-13-29(27)23-32/h7-18,23-24,26H,3-6,19-22,25H2,1-2H3,(H,42,46). The van der Waals surface area contributed by atoms with Gasteiger partial charge in [0.15, 0.2) is 5.69 Å². The molecule has 4 aromatic carbocycles. The Morgan fingerprint density at radius 2 is 1.55 bits per heavy atom. The van der Waals surface area contributed by atoms with E-state index in [1.807, 2.05) is 36.4 Å². The van der Waals surface area contributed by atoms with Crippen LogP contribution in [0.1, 0.15) is 81.9 Å². The molecule has 0 saturated heterocycles. The van der Waals surface area contributed by atoms with Crippen molar-refractivity contribution in [3.05, 3.63) is 124 Å². The van der Waals surface area contributed by atoms with Gasteiger partial charge >= 0.3 is 0 Å². The van der Waals surface area contributed by atoms with Crippen molar-refractivity contribution in [1.82, 2.24) is 24.3 Å². The summed E-state index contributed by atoms with van der Waals surface area (Å²) in [5, 5.41) is 6.27. The summed E-state index contributed by atoms with van der Waals surface area (Å²) < 4.78 is 30.2. The Kier molecular flexibility index (Phi) is 10.9. The highest BCUT2D eigenvalue weighted by Crippen LogP contribution is 2.27. The highest BCUT2D eigenvalue weighted by molar-refractivity contribution is 7.90. The van der Waals surface area contributed by atoms with Gasteiger partial charge < -0.3 is 9.80 Å². The molecule has 1 aliphatic heterocycles. The number of rotatable bonds is 12. The highest BCUT2D eigenvalue weighted by atomic mass is 35.5. The summed E-state index contributed by atoms with van der Waals surface area (Å²) >= 11 is 6.63. The molecule has 0 spiro atoms. The van der Waals surface area contributed by atoms with Crippen LogP contribution in [0.4, 0.5) is 0 Å². The zero-order valence-electron chi connectivity index (χ0n) is 28.6. The Morgan fingerprint density at radius 1 is 0.863 bits per heavy atom. The van der Waals surface area contributed by atoms with Gasteiger partial charge in [-0.05, 0) is 71.5 Å². The van der Waals surface area contributed by atoms with Gasteiger partial charge in [-0.2, -0.15) is 5.10 Å². The van der Waals surface area contributed by atoms with Gasteiger partial charge in [0.05, 0.1) is 27.4 Å². The minimum absolute atomic E-state index is 0.0382. The fraction of sp³-hybridized carbons (Fsp3) is 0.282. The maximum Gasteiger partial charge on any atom is 0.275 e. The average molecular weight is 726 g/mol. The van der Waals surface area contributed by atoms with Crippen LogP contribution < -0.4 is 4.72 Å². The molecule has 0 fully saturated rings. The fourth-order valence-electron chi connectivity index (χ4n) is 6.25. The van der Waals surface area contributed by atoms with E-state index in [1.54, 1.807) is 28.0 Å². The van der Waals surface area contributed by atoms with Crippen LogP contribution in [0.5, 0.6) is 0 Å². The van der Waals surface area contributed by atoms with E-state index in [1.165, 1.54) is 41.2 Å². The van der Waals surface area contributed by atoms with Gasteiger partial charge in [0.1, 0.15) is 0 Å². The maximum absolute atomic E-state index is 14.3. The number of aromatic nitrogens is 2. The Labute approximate surface area is 303 Å². The number of nitrogens with one attached hydrogen (secondary N) is 1. The third kappa shape index (κ3) is 7.84. The number of hydrogen-bond donors (Lipinski definition) is 1. The topological polar surface area (TPSA) is 122 Å². The van der Waals surface area contributed by atoms with Crippen molar-refractivity contribution in [1.29, 1.82) is 0 Å². The van der Waals surface area contributed by atoms with Crippen molar-refractivity contribution in [2.75, 3.05) is 19.6 Å². The highest BCUT2D eigenvalue weighted by Gasteiger charge is 2.28. The molecule has 0 unspecified atom stereocenters. The predicted molar refractivity (Wildman–Crippen MR) is 198 cm³/mol. The Balaban J connectivity index is 1.35. The number of fused-ring (bicyclic) bond motifs is 2. The molecule has 1 N–H and O–H groups in total. The molecule has 0 saturated carbocycles. The molecule has 264 valence electrons. The van der Waals surface area contributed by atoms with E-state index < -0.39 is 15.9 Å². The summed E-state index contributed by atoms with van der Waals surface area (Å²) in [6, 6.07) is 24.2. The van der Waals surface area contributed by atoms with Gasteiger partial charge in [0.2, 0.25) is 0 Å². The summed E-state index contributed by atoms with van der Waals surface area (Å²) in [5.41, 5.74) is 2.61. The van der Waals surface area contributed by atoms with Crippen molar-refractivity contribution >= 4 is 50.1 Å². The monoisotopic (exact) mass is 725 g/mol. The van der Waals surface area contributed by atoms with Gasteiger partial charge in [-0.1, -0.05) is 92.9 Å². The molecular formula is C39H40ClN5O5S. The van der Waals surface area contributed by atoms with Crippen molar-refractivity contribution in [3.8, 4) is 5.69 Å². The third-order valence-corrected chi connectivity index (χ3v) is 10.7. The lowest BCUT2D eigenvalue weighted by molar-refractivity contribution is 0.0732. The largest absolute Gasteiger partial charge is 0.337 e. The lowest BCUT2D eigenvalue weighted by Gasteiger charge is -2.29. The average Bonchev–Trinajstić information content (AvgIpc) is 3.54. The van der Waals surface area contributed by atoms with Crippen molar-refractivity contribution in [3.63, 3.8) is 0 Å². The number of nitrogens with zero attached hydrogens (tertiary/aromatic N) is 4. The van der Waals surface area contributed by atoms with Crippen LogP contribution in [0, 0.1) is 0 Å². The number of carbonyl (C=O) groups is 3. The van der Waals surface area contributed by atoms with E-state index in [0.29, 0.717) is 43.7 Å². The van der Waals surface area contributed by atoms with Crippen LogP contribution in [-0.4, -0.2) is 65.4 Å². The molecule has 0 atom stereocenters. The van der Waals surface area contributed by atoms with Crippen LogP contribution in [0.3, 0.4) is 0 Å². The lowest BCUT2D eigenvalue weighted by Crippen LogP contribution is -2.37. The predicted octanol–water partition coefficient (Wildman–Crippen LogP) is 7.04. The summed E-state index contributed by atoms with van der Waals surface area (Å²) in [6.07, 6.45) is 5.66. The van der Waals surface area contributed by atoms with Gasteiger partial charge in [0, 0.05) is 31.7 Å². The van der Waals surface area contributed by atoms with E-state index in [9.17, 15) is 22.8 Å². The Hall–Kier alpha value is -5.00. The summed E-state index contributed by atoms with van der Waals surface area (Å²) in [6.45, 7) is 6.07. The molecule has 12 heteroatoms. The van der Waals surface area contributed by atoms with Crippen molar-refractivity contribution < 1.29 is 22.8 Å². The van der Waals surface area contributed by atoms with Crippen LogP contribution in [0.25, 0.3) is 16.5 Å². The molecule has 1 aliphatic rings. The van der Waals surface area contributed by atoms with E-state index in [4.69, 9.17) is 11.6 Å². The first-order chi connectivity index (χ1) is 24.6. The first-order valence-corrected chi connectivity index (χ1v) is 19.1. The molecule has 0 aliphatic carbocycles. The first kappa shape index (κ1) is 35.8. The van der Waals surface area contributed by atoms with Gasteiger partial charge in [-0.25, -0.2) is 17.8 Å². The molecule has 0 radical (unpaired) electrons. The van der Waals surface area contributed by atoms with E-state index in [2.05, 4.69) is 23.7 Å². The van der Waals surface area contributed by atoms with Gasteiger partial charge in [-0.15, -0.1) is 0 Å². The second-order valence-electron chi connectivity index (χ2n) is 12.7. The number of amides is 3. The van der Waals surface area contributed by atoms with Gasteiger partial charge in [-0.3, -0.25) is 14.4 Å². The van der Waals surface area contributed by atoms with Crippen LogP contribution in [0.2, 0.25) is 5.02 Å². The maximum atomic E-state index is 14.3. The zero-order valence-corrected chi connectivity index (χ0v) is 30.2. The molecule has 51 heavy (non-hydrogen) atoms. The van der Waals surface area contributed by atoms with Crippen molar-refractivity contribution in [2.24, 2.45) is 0 Å². The molecule has 2 heterocycles. The van der Waals surface area contributed by atoms with Crippen LogP contribution in [0.15, 0.2) is 96.0 Å². The van der Waals surface area contributed by atoms with E-state index >= 15 is 0 Å². The molecule has 6 rings (SSSR count). The first-order valence-electron chi connectivity index (χ1n) is 17.2. The summed E-state index contributed by atoms with van der Waals surface area (Å²) in [7, 11) is -4.25. The van der Waals surface area contributed by atoms with E-state index in [0.717, 1.165) is 42.2 Å². The molecular weight excluding hydrogens is 686 g/mol. The normalized spacial score (nSPS) is 12.8. The molecule has 5 aromatic rings. The van der Waals surface area contributed by atoms with E-state index in [-0.39, 0.29) is 38.6 Å². The molecule has 3 amide bonds. The van der Waals surface area contributed by atoms with Crippen LogP contribution in [-0.2, 0) is 23.0 Å². The van der Waals surface area contributed by atoms with Crippen LogP contribution >= 0.6 is 11.6 Å². The minimum Gasteiger partial charge on any atom is -0.337 e. The zero-order chi connectivity index (χ0) is 36.1. The second-order valence-corrected chi connectivity index (χ2v) is 14.8. The smallest absolute Gasteiger partial charge is 0.275 e. The number of carbonyl (C=O) groups excluding carboxylic acids is 3. The third-order valence-electron chi connectivity index (χ3n) is 9.13. The molecule has 0 bridgehead atoms. The summed E-state index contributed by atoms with van der Waals surface area (Å²) in [4.78, 5) is 44.9. The number of unbranched alkanes of at least 4 members (excludes halogenated alkanes) is 2. The number of benzene rings is 4. The SMILES string of the molecule is CCCCN(CCCC)C(=O)c1nn(-c2ccc(C(=O)NS(=O)(=O)c3ccc4ccccc4c3)cc2C(=O)N2CCc3ccccc3C2)cc1Cl.